The van der Waals surface area contributed by atoms with Gasteiger partial charge in [-0.05, 0) is 0 Å². The molecule has 30 saturated heterocycles. The smallest absolute Gasteiger partial charge is 0.187 e. The topological polar surface area (TPSA) is 987 Å². The summed E-state index contributed by atoms with van der Waals surface area (Å²) in [6.07, 6.45) is -82.9. The van der Waals surface area contributed by atoms with Crippen molar-refractivity contribution in [3.05, 3.63) is 0 Å². The molecule has 30 aliphatic rings. The Balaban J connectivity index is 1.10. The molecule has 30 fully saturated rings. The summed E-state index contributed by atoms with van der Waals surface area (Å²) in [6, 6.07) is 0. The van der Waals surface area contributed by atoms with Crippen molar-refractivity contribution in [2.45, 2.75) is 246 Å². The van der Waals surface area contributed by atoms with Crippen molar-refractivity contribution in [2.75, 3.05) is 52.4 Å². The molecule has 0 unspecified atom stereocenters. The van der Waals surface area contributed by atoms with Crippen molar-refractivity contribution in [1.82, 2.24) is 0 Å². The first-order valence-electron chi connectivity index (χ1n) is 34.5. The Morgan fingerprint density at radius 1 is 0.152 bits per heavy atom. The minimum absolute atomic E-state index is 0.583. The number of nitrogens with zero attached hydrogens (tertiary/aromatic N) is 8. The van der Waals surface area contributed by atoms with E-state index in [-0.39, 0.29) is 0 Å². The van der Waals surface area contributed by atoms with E-state index in [9.17, 15) is 81.7 Å². The molecule has 0 aromatic heterocycles. The van der Waals surface area contributed by atoms with Crippen LogP contribution in [-0.2, 0) is 75.8 Å². The SMILES string of the molecule is NC(N)=NC[C@H]1O[C@@H]2O[C@H]3[C@H](O)[C@@H](O)[C@@H](O[C@H]4[C@H](O)[C@@H](O)[C@@H](O[C@H]5[C@H](O)[C@@H](O)[C@@H](O[C@H]6[C@H](O)[C@@H](O)[C@@H](O[C@H]7[C@H](O)[C@@H](O)[C@@H](O[C@H]8[C@H](O)[C@@H](O)[C@@H](O[C@H]9[C@H](O)[C@@H](O)[C@@H](O[C@H]1[C@H](O)[C@H]2O)O[C@@H]9CN=C(N)N)O[C@@H]8CN=C(N)N)O[C@@H]7CN=C(N)N)O[C@@H]6CN=C(N)N)O[C@@H]5CN=C(N)N)O[C@@H]4CN=C(N)N)O[C@@H]3CN=C(N)N. The molecule has 0 radical (unpaired) electrons. The lowest BCUT2D eigenvalue weighted by molar-refractivity contribution is -0.398. The van der Waals surface area contributed by atoms with E-state index in [4.69, 9.17) is 168 Å². The second-order valence-corrected chi connectivity index (χ2v) is 27.1. The van der Waals surface area contributed by atoms with E-state index in [1.54, 1.807) is 0 Å². The number of aliphatic hydroxyl groups excluding tert-OH is 16. The fourth-order valence-corrected chi connectivity index (χ4v) is 13.5. The highest BCUT2D eigenvalue weighted by molar-refractivity contribution is 5.78. The first kappa shape index (κ1) is 88.8. The van der Waals surface area contributed by atoms with Crippen LogP contribution in [0.4, 0.5) is 0 Å². The van der Waals surface area contributed by atoms with Gasteiger partial charge in [0.1, 0.15) is 195 Å². The number of guanidine groups is 8. The largest absolute Gasteiger partial charge is 0.387 e. The van der Waals surface area contributed by atoms with Crippen LogP contribution in [0.1, 0.15) is 0 Å². The van der Waals surface area contributed by atoms with Crippen LogP contribution >= 0.6 is 0 Å². The highest BCUT2D eigenvalue weighted by Gasteiger charge is 2.61. The summed E-state index contributed by atoms with van der Waals surface area (Å²) in [4.78, 5) is 31.5. The fraction of sp³-hybridized carbons (Fsp3) is 0.857. The van der Waals surface area contributed by atoms with Gasteiger partial charge >= 0.3 is 0 Å². The zero-order chi connectivity index (χ0) is 82.3. The molecule has 30 aliphatic heterocycles. The molecule has 0 aliphatic carbocycles. The van der Waals surface area contributed by atoms with Gasteiger partial charge in [-0.2, -0.15) is 0 Å². The molecular weight excluding hydrogens is 1520 g/mol. The Labute approximate surface area is 633 Å². The van der Waals surface area contributed by atoms with Gasteiger partial charge in [-0.1, -0.05) is 0 Å². The van der Waals surface area contributed by atoms with Crippen LogP contribution in [0.15, 0.2) is 39.9 Å². The van der Waals surface area contributed by atoms with Crippen molar-refractivity contribution in [3.8, 4) is 0 Å². The van der Waals surface area contributed by atoms with E-state index in [0.717, 1.165) is 0 Å². The summed E-state index contributed by atoms with van der Waals surface area (Å²) >= 11 is 0. The van der Waals surface area contributed by atoms with Crippen LogP contribution in [0.3, 0.4) is 0 Å². The van der Waals surface area contributed by atoms with Gasteiger partial charge < -0.3 is 249 Å². The molecule has 0 spiro atoms. The maximum absolute atomic E-state index is 12.0. The van der Waals surface area contributed by atoms with Gasteiger partial charge in [0.25, 0.3) is 0 Å². The Kier molecular flexibility index (Phi) is 30.6. The molecule has 0 aromatic rings. The number of hydrogen-bond donors (Lipinski definition) is 32. The Morgan fingerprint density at radius 3 is 0.321 bits per heavy atom. The molecule has 48 N–H and O–H groups in total. The molecule has 0 saturated carbocycles. The average Bonchev–Trinajstić information content (AvgIpc) is 0.773. The predicted octanol–water partition coefficient (Wildman–Crippen LogP) is -23.2. The molecule has 40 atom stereocenters. The molecular formula is C56H104N24O32. The average molecular weight is 1630 g/mol. The lowest BCUT2D eigenvalue weighted by atomic mass is 9.94. The Morgan fingerprint density at radius 2 is 0.241 bits per heavy atom. The van der Waals surface area contributed by atoms with Gasteiger partial charge in [-0.25, -0.2) is 0 Å². The summed E-state index contributed by atoms with van der Waals surface area (Å²) in [5.41, 5.74) is 91.3. The zero-order valence-electron chi connectivity index (χ0n) is 59.3. The van der Waals surface area contributed by atoms with Crippen molar-refractivity contribution >= 4 is 47.7 Å². The minimum atomic E-state index is -2.30. The van der Waals surface area contributed by atoms with Crippen LogP contribution in [-0.4, -0.2) is 427 Å². The van der Waals surface area contributed by atoms with Gasteiger partial charge in [-0.15, -0.1) is 0 Å². The van der Waals surface area contributed by atoms with E-state index in [1.165, 1.54) is 0 Å². The first-order chi connectivity index (χ1) is 52.7. The molecule has 0 amide bonds. The molecule has 30 heterocycles. The van der Waals surface area contributed by atoms with Crippen LogP contribution in [0.25, 0.3) is 0 Å². The van der Waals surface area contributed by atoms with Crippen molar-refractivity contribution in [3.63, 3.8) is 0 Å². The molecule has 640 valence electrons. The highest BCUT2D eigenvalue weighted by atomic mass is 16.8. The summed E-state index contributed by atoms with van der Waals surface area (Å²) < 4.78 is 97.5. The van der Waals surface area contributed by atoms with Crippen molar-refractivity contribution in [1.29, 1.82) is 0 Å². The Hall–Kier alpha value is -7.12. The molecule has 30 rings (SSSR count). The van der Waals surface area contributed by atoms with Gasteiger partial charge in [0.05, 0.1) is 52.4 Å². The number of aliphatic imine (C=N–C) groups is 8. The molecule has 112 heavy (non-hydrogen) atoms. The van der Waals surface area contributed by atoms with Crippen LogP contribution in [0, 0.1) is 0 Å². The van der Waals surface area contributed by atoms with E-state index >= 15 is 0 Å². The quantitative estimate of drug-likeness (QED) is 0.0504. The van der Waals surface area contributed by atoms with E-state index in [0.29, 0.717) is 0 Å². The Bertz CT molecular complexity index is 2670. The summed E-state index contributed by atoms with van der Waals surface area (Å²) in [6.45, 7) is -5.54. The van der Waals surface area contributed by atoms with Gasteiger partial charge in [0, 0.05) is 0 Å². The van der Waals surface area contributed by atoms with Crippen LogP contribution in [0.5, 0.6) is 0 Å². The molecule has 56 nitrogen and oxygen atoms in total. The predicted molar refractivity (Wildman–Crippen MR) is 370 cm³/mol. The third-order valence-electron chi connectivity index (χ3n) is 19.1. The molecule has 16 bridgehead atoms. The highest BCUT2D eigenvalue weighted by Crippen LogP contribution is 2.41. The second kappa shape index (κ2) is 38.6. The van der Waals surface area contributed by atoms with E-state index < -0.39 is 346 Å². The van der Waals surface area contributed by atoms with Gasteiger partial charge in [-0.3, -0.25) is 39.9 Å². The standard InChI is InChI=1S/C56H104N24O32/c57-49(58)73-1-9-33-17(81)25(89)41(97-9)106-34-10(2-74-50(59)60)99-43(27(91)19(34)83)108-36-12(4-76-52(63)64)101-45(29(93)21(36)85)110-38-14(6-78-54(67)68)103-47(31(95)23(38)87)112-40-16(8-80-56(71)72)104-48(32(96)24(40)88)111-39-15(7-79-55(69)70)102-46(30(94)22(39)86)109-37-13(5-77-53(65)66)100-44(28(92)20(37)84)107-35-11(3-75-51(61)62)98-42(105-33)26(90)18(35)82/h9-48,81-96H,1-8H2,(H4,57,58,73)(H4,59,60,74)(H4,61,62,75)(H4,63,64,76)(H4,65,66,77)(H4,67,68,78)(H4,69,70,79)(H4,71,72,80)/t9-,10-,11-,12-,13-,14-,15-,16-,17-,18-,19-,20-,21-,22-,23-,24-,25-,26-,27-,28-,29-,30-,31-,32-,33-,34-,35-,36-,37-,38-,39-,40-,41-,42-,43-,44-,45-,46-,47-,48-/m1/s1. The monoisotopic (exact) mass is 1620 g/mol. The number of hydrogen-bond acceptors (Lipinski definition) is 40. The summed E-state index contributed by atoms with van der Waals surface area (Å²) in [7, 11) is 0. The van der Waals surface area contributed by atoms with Crippen LogP contribution in [0.2, 0.25) is 0 Å². The van der Waals surface area contributed by atoms with Gasteiger partial charge in [0.2, 0.25) is 0 Å². The van der Waals surface area contributed by atoms with Crippen molar-refractivity contribution < 1.29 is 157 Å². The second-order valence-electron chi connectivity index (χ2n) is 27.1. The first-order valence-corrected chi connectivity index (χ1v) is 34.5. The third-order valence-corrected chi connectivity index (χ3v) is 19.1. The number of aliphatic hydroxyl groups is 16. The van der Waals surface area contributed by atoms with Gasteiger partial charge in [0.15, 0.2) is 98.0 Å². The maximum Gasteiger partial charge on any atom is 0.187 e. The number of ether oxygens (including phenoxy) is 16. The number of nitrogens with two attached hydrogens (primary N) is 16. The summed E-state index contributed by atoms with van der Waals surface area (Å²) in [5, 5.41) is 191. The summed E-state index contributed by atoms with van der Waals surface area (Å²) in [5.74, 6) is -4.66. The van der Waals surface area contributed by atoms with Crippen LogP contribution < -0.4 is 91.7 Å². The van der Waals surface area contributed by atoms with E-state index in [2.05, 4.69) is 39.9 Å². The number of rotatable bonds is 16. The lowest BCUT2D eigenvalue weighted by Gasteiger charge is -2.50. The molecule has 56 heteroatoms. The molecule has 0 aromatic carbocycles. The third kappa shape index (κ3) is 21.1. The zero-order valence-corrected chi connectivity index (χ0v) is 59.3. The maximum atomic E-state index is 12.0. The van der Waals surface area contributed by atoms with Crippen molar-refractivity contribution in [2.24, 2.45) is 132 Å². The van der Waals surface area contributed by atoms with E-state index in [1.807, 2.05) is 0 Å². The fourth-order valence-electron chi connectivity index (χ4n) is 13.5. The minimum Gasteiger partial charge on any atom is -0.387 e. The lowest BCUT2D eigenvalue weighted by Crippen LogP contribution is -2.69. The normalized spacial score (nSPS) is 45.4.